The molecular formula is C33H40N6O6S2. The van der Waals surface area contributed by atoms with Crippen molar-refractivity contribution in [2.75, 3.05) is 18.1 Å². The van der Waals surface area contributed by atoms with Gasteiger partial charge in [-0.05, 0) is 79.6 Å². The van der Waals surface area contributed by atoms with E-state index in [1.807, 2.05) is 62.7 Å². The highest BCUT2D eigenvalue weighted by Gasteiger charge is 2.36. The van der Waals surface area contributed by atoms with Gasteiger partial charge in [-0.3, -0.25) is 4.79 Å². The number of carbonyl (C=O) groups is 1. The molecule has 4 heterocycles. The van der Waals surface area contributed by atoms with E-state index in [1.54, 1.807) is 6.07 Å². The zero-order valence-corrected chi connectivity index (χ0v) is 28.6. The number of hydrogen-bond donors (Lipinski definition) is 1. The summed E-state index contributed by atoms with van der Waals surface area (Å²) in [5.74, 6) is -0.553. The van der Waals surface area contributed by atoms with Crippen LogP contribution in [-0.2, 0) is 37.7 Å². The Kier molecular flexibility index (Phi) is 9.11. The van der Waals surface area contributed by atoms with Crippen molar-refractivity contribution in [1.82, 2.24) is 29.6 Å². The van der Waals surface area contributed by atoms with Gasteiger partial charge >= 0.3 is 0 Å². The standard InChI is InChI=1S/C33H40N6O6S2/c1-5-26-19-38(47(43,44)30-8-7-14-34-33(30)45-26)18-24-16-23(10-9-21(24)3)28(17-31(40)35-25-13-15-46(41,42)20-25)27-11-12-29-32(22(27)4)36-37-39(29)6-2/h7-12,14,16,25-26,28H,5-6,13,15,17-20H2,1-4H3,(H,35,40)/t25?,26-,28+/m1/s1. The molecule has 250 valence electrons. The highest BCUT2D eigenvalue weighted by atomic mass is 32.2. The summed E-state index contributed by atoms with van der Waals surface area (Å²) >= 11 is 0. The summed E-state index contributed by atoms with van der Waals surface area (Å²) in [7, 11) is -7.09. The van der Waals surface area contributed by atoms with Gasteiger partial charge in [0.15, 0.2) is 9.84 Å². The second kappa shape index (κ2) is 13.0. The Morgan fingerprint density at radius 3 is 2.64 bits per heavy atom. The normalized spacial score (nSPS) is 21.1. The molecule has 0 bridgehead atoms. The molecule has 3 atom stereocenters. The van der Waals surface area contributed by atoms with E-state index in [9.17, 15) is 21.6 Å². The van der Waals surface area contributed by atoms with E-state index in [4.69, 9.17) is 4.74 Å². The van der Waals surface area contributed by atoms with Crippen LogP contribution in [0.25, 0.3) is 11.0 Å². The molecule has 2 aliphatic heterocycles. The fourth-order valence-corrected chi connectivity index (χ4v) is 9.73. The monoisotopic (exact) mass is 680 g/mol. The lowest BCUT2D eigenvalue weighted by Gasteiger charge is -2.25. The minimum atomic E-state index is -3.92. The maximum absolute atomic E-state index is 13.9. The number of nitrogens with one attached hydrogen (secondary N) is 1. The number of benzene rings is 2. The second-order valence-electron chi connectivity index (χ2n) is 12.4. The van der Waals surface area contributed by atoms with Crippen LogP contribution < -0.4 is 10.1 Å². The molecule has 0 radical (unpaired) electrons. The fourth-order valence-electron chi connectivity index (χ4n) is 6.53. The van der Waals surface area contributed by atoms with Crippen molar-refractivity contribution in [3.8, 4) is 5.88 Å². The maximum Gasteiger partial charge on any atom is 0.248 e. The van der Waals surface area contributed by atoms with Crippen LogP contribution >= 0.6 is 0 Å². The van der Waals surface area contributed by atoms with E-state index in [-0.39, 0.29) is 53.8 Å². The molecule has 1 unspecified atom stereocenters. The Bertz CT molecular complexity index is 2050. The molecular weight excluding hydrogens is 641 g/mol. The number of sulfonamides is 1. The number of carbonyl (C=O) groups excluding carboxylic acids is 1. The number of nitrogens with zero attached hydrogens (tertiary/aromatic N) is 5. The Morgan fingerprint density at radius 1 is 1.11 bits per heavy atom. The highest BCUT2D eigenvalue weighted by Crippen LogP contribution is 2.36. The minimum Gasteiger partial charge on any atom is -0.472 e. The topological polar surface area (TPSA) is 153 Å². The van der Waals surface area contributed by atoms with Gasteiger partial charge < -0.3 is 10.1 Å². The molecule has 0 saturated carbocycles. The smallest absolute Gasteiger partial charge is 0.248 e. The summed E-state index contributed by atoms with van der Waals surface area (Å²) in [4.78, 5) is 17.8. The summed E-state index contributed by atoms with van der Waals surface area (Å²) in [6.45, 7) is 8.79. The van der Waals surface area contributed by atoms with Gasteiger partial charge in [0.1, 0.15) is 16.5 Å². The van der Waals surface area contributed by atoms with Crippen LogP contribution in [0.2, 0.25) is 0 Å². The predicted molar refractivity (Wildman–Crippen MR) is 177 cm³/mol. The minimum absolute atomic E-state index is 0.0392. The van der Waals surface area contributed by atoms with Crippen molar-refractivity contribution in [1.29, 1.82) is 0 Å². The zero-order chi connectivity index (χ0) is 33.5. The molecule has 2 aromatic heterocycles. The quantitative estimate of drug-likeness (QED) is 0.279. The number of sulfone groups is 1. The Morgan fingerprint density at radius 2 is 1.91 bits per heavy atom. The van der Waals surface area contributed by atoms with E-state index < -0.39 is 31.8 Å². The molecule has 1 saturated heterocycles. The number of aromatic nitrogens is 4. The van der Waals surface area contributed by atoms with Crippen molar-refractivity contribution < 1.29 is 26.4 Å². The average molecular weight is 681 g/mol. The van der Waals surface area contributed by atoms with E-state index in [2.05, 4.69) is 20.6 Å². The summed E-state index contributed by atoms with van der Waals surface area (Å²) in [5, 5.41) is 11.7. The van der Waals surface area contributed by atoms with Crippen LogP contribution in [0.1, 0.15) is 66.8 Å². The van der Waals surface area contributed by atoms with E-state index in [0.29, 0.717) is 19.4 Å². The van der Waals surface area contributed by atoms with Gasteiger partial charge in [0.25, 0.3) is 0 Å². The van der Waals surface area contributed by atoms with Crippen LogP contribution in [0, 0.1) is 13.8 Å². The van der Waals surface area contributed by atoms with Gasteiger partial charge in [0.2, 0.25) is 21.8 Å². The third kappa shape index (κ3) is 6.63. The molecule has 0 aliphatic carbocycles. The van der Waals surface area contributed by atoms with Crippen LogP contribution in [0.5, 0.6) is 5.88 Å². The molecule has 6 rings (SSSR count). The largest absolute Gasteiger partial charge is 0.472 e. The lowest BCUT2D eigenvalue weighted by Crippen LogP contribution is -2.37. The zero-order valence-electron chi connectivity index (χ0n) is 27.0. The first-order chi connectivity index (χ1) is 22.4. The molecule has 2 aromatic carbocycles. The number of hydrogen-bond acceptors (Lipinski definition) is 9. The number of fused-ring (bicyclic) bond motifs is 2. The van der Waals surface area contributed by atoms with E-state index in [0.717, 1.165) is 38.9 Å². The van der Waals surface area contributed by atoms with Crippen molar-refractivity contribution in [3.05, 3.63) is 76.5 Å². The maximum atomic E-state index is 13.9. The summed E-state index contributed by atoms with van der Waals surface area (Å²) in [6.07, 6.45) is 2.22. The van der Waals surface area contributed by atoms with Crippen LogP contribution in [0.4, 0.5) is 0 Å². The third-order valence-corrected chi connectivity index (χ3v) is 12.9. The van der Waals surface area contributed by atoms with E-state index in [1.165, 1.54) is 16.6 Å². The molecule has 14 heteroatoms. The lowest BCUT2D eigenvalue weighted by molar-refractivity contribution is -0.121. The lowest BCUT2D eigenvalue weighted by atomic mass is 9.84. The van der Waals surface area contributed by atoms with Crippen molar-refractivity contribution >= 4 is 36.8 Å². The molecule has 1 amide bonds. The first-order valence-corrected chi connectivity index (χ1v) is 19.2. The number of ether oxygens (including phenoxy) is 1. The number of rotatable bonds is 9. The Labute approximate surface area is 275 Å². The van der Waals surface area contributed by atoms with Gasteiger partial charge in [-0.15, -0.1) is 5.10 Å². The molecule has 1 fully saturated rings. The van der Waals surface area contributed by atoms with Gasteiger partial charge in [-0.1, -0.05) is 36.4 Å². The fraction of sp³-hybridized carbons (Fsp3) is 0.455. The first-order valence-electron chi connectivity index (χ1n) is 15.9. The molecule has 4 aromatic rings. The molecule has 1 N–H and O–H groups in total. The Hall–Kier alpha value is -3.88. The SMILES string of the molecule is CC[C@@H]1CN(Cc2cc([C@H](CC(=O)NC3CCS(=O)(=O)C3)c3ccc4c(nnn4CC)c3C)ccc2C)S(=O)(=O)c2cccnc2O1. The summed E-state index contributed by atoms with van der Waals surface area (Å²) in [6, 6.07) is 12.5. The summed E-state index contributed by atoms with van der Waals surface area (Å²) < 4.78 is 61.2. The number of aryl methyl sites for hydroxylation is 3. The number of amides is 1. The number of pyridine rings is 1. The molecule has 47 heavy (non-hydrogen) atoms. The van der Waals surface area contributed by atoms with Crippen LogP contribution in [0.15, 0.2) is 53.6 Å². The second-order valence-corrected chi connectivity index (χ2v) is 16.6. The van der Waals surface area contributed by atoms with Crippen LogP contribution in [0.3, 0.4) is 0 Å². The van der Waals surface area contributed by atoms with Gasteiger partial charge in [-0.25, -0.2) is 26.5 Å². The Balaban J connectivity index is 1.38. The van der Waals surface area contributed by atoms with Crippen molar-refractivity contribution in [2.24, 2.45) is 0 Å². The highest BCUT2D eigenvalue weighted by molar-refractivity contribution is 7.91. The molecule has 0 spiro atoms. The first kappa shape index (κ1) is 33.0. The van der Waals surface area contributed by atoms with Crippen molar-refractivity contribution in [2.45, 2.75) is 83.0 Å². The van der Waals surface area contributed by atoms with E-state index >= 15 is 0 Å². The van der Waals surface area contributed by atoms with Crippen molar-refractivity contribution in [3.63, 3.8) is 0 Å². The predicted octanol–water partition coefficient (Wildman–Crippen LogP) is 3.65. The molecule has 2 aliphatic rings. The molecule has 12 nitrogen and oxygen atoms in total. The van der Waals surface area contributed by atoms with Gasteiger partial charge in [0.05, 0.1) is 23.6 Å². The average Bonchev–Trinajstić information content (AvgIpc) is 3.59. The third-order valence-electron chi connectivity index (χ3n) is 9.26. The van der Waals surface area contributed by atoms with Gasteiger partial charge in [-0.2, -0.15) is 4.31 Å². The van der Waals surface area contributed by atoms with Gasteiger partial charge in [0, 0.05) is 37.7 Å². The van der Waals surface area contributed by atoms with Crippen LogP contribution in [-0.4, -0.2) is 77.2 Å². The summed E-state index contributed by atoms with van der Waals surface area (Å²) in [5.41, 5.74) is 5.98.